The van der Waals surface area contributed by atoms with Gasteiger partial charge in [-0.2, -0.15) is 5.10 Å². The van der Waals surface area contributed by atoms with Crippen molar-refractivity contribution < 1.29 is 0 Å². The Morgan fingerprint density at radius 3 is 2.70 bits per heavy atom. The van der Waals surface area contributed by atoms with E-state index in [0.29, 0.717) is 6.04 Å². The SMILES string of the molecule is CNCc1ccc(N2CCC(N3CCCCC3)C2)nn1. The Balaban J connectivity index is 1.58. The van der Waals surface area contributed by atoms with Crippen molar-refractivity contribution in [1.29, 1.82) is 0 Å². The zero-order valence-corrected chi connectivity index (χ0v) is 12.4. The monoisotopic (exact) mass is 275 g/mol. The quantitative estimate of drug-likeness (QED) is 0.896. The molecule has 5 heteroatoms. The van der Waals surface area contributed by atoms with Crippen LogP contribution in [0.1, 0.15) is 31.4 Å². The Bertz CT molecular complexity index is 413. The van der Waals surface area contributed by atoms with Crippen LogP contribution in [0, 0.1) is 0 Å². The minimum absolute atomic E-state index is 0.717. The second-order valence-corrected chi connectivity index (χ2v) is 5.90. The van der Waals surface area contributed by atoms with Gasteiger partial charge in [0.15, 0.2) is 5.82 Å². The molecule has 3 heterocycles. The molecule has 0 bridgehead atoms. The summed E-state index contributed by atoms with van der Waals surface area (Å²) in [6.07, 6.45) is 5.41. The molecule has 0 amide bonds. The second-order valence-electron chi connectivity index (χ2n) is 5.90. The van der Waals surface area contributed by atoms with Crippen molar-refractivity contribution in [3.8, 4) is 0 Å². The molecule has 2 fully saturated rings. The first-order chi connectivity index (χ1) is 9.86. The molecule has 0 radical (unpaired) electrons. The molecule has 3 rings (SSSR count). The summed E-state index contributed by atoms with van der Waals surface area (Å²) in [5.41, 5.74) is 1.00. The van der Waals surface area contributed by atoms with E-state index in [9.17, 15) is 0 Å². The van der Waals surface area contributed by atoms with Crippen LogP contribution in [0.2, 0.25) is 0 Å². The molecule has 5 nitrogen and oxygen atoms in total. The molecule has 1 atom stereocenters. The number of rotatable bonds is 4. The van der Waals surface area contributed by atoms with Gasteiger partial charge in [0.1, 0.15) is 0 Å². The Hall–Kier alpha value is -1.20. The van der Waals surface area contributed by atoms with Gasteiger partial charge in [-0.25, -0.2) is 0 Å². The predicted molar refractivity (Wildman–Crippen MR) is 80.8 cm³/mol. The molecule has 2 aliphatic heterocycles. The number of anilines is 1. The zero-order chi connectivity index (χ0) is 13.8. The van der Waals surface area contributed by atoms with Crippen LogP contribution in [0.5, 0.6) is 0 Å². The van der Waals surface area contributed by atoms with E-state index in [1.165, 1.54) is 38.8 Å². The van der Waals surface area contributed by atoms with Gasteiger partial charge >= 0.3 is 0 Å². The highest BCUT2D eigenvalue weighted by Crippen LogP contribution is 2.23. The fourth-order valence-electron chi connectivity index (χ4n) is 3.33. The molecule has 0 aromatic carbocycles. The van der Waals surface area contributed by atoms with Crippen LogP contribution in [0.25, 0.3) is 0 Å². The van der Waals surface area contributed by atoms with Gasteiger partial charge < -0.3 is 10.2 Å². The van der Waals surface area contributed by atoms with Crippen molar-refractivity contribution in [3.05, 3.63) is 17.8 Å². The molecule has 20 heavy (non-hydrogen) atoms. The maximum absolute atomic E-state index is 4.38. The average molecular weight is 275 g/mol. The third-order valence-corrected chi connectivity index (χ3v) is 4.46. The molecule has 1 N–H and O–H groups in total. The molecule has 1 unspecified atom stereocenters. The maximum atomic E-state index is 4.38. The number of likely N-dealkylation sites (tertiary alicyclic amines) is 1. The summed E-state index contributed by atoms with van der Waals surface area (Å²) in [5.74, 6) is 1.03. The first-order valence-electron chi connectivity index (χ1n) is 7.83. The van der Waals surface area contributed by atoms with Crippen LogP contribution in [-0.4, -0.2) is 54.4 Å². The smallest absolute Gasteiger partial charge is 0.151 e. The first kappa shape index (κ1) is 13.8. The third kappa shape index (κ3) is 3.10. The summed E-state index contributed by atoms with van der Waals surface area (Å²) in [7, 11) is 1.93. The van der Waals surface area contributed by atoms with Crippen LogP contribution in [-0.2, 0) is 6.54 Å². The molecule has 2 saturated heterocycles. The number of hydrogen-bond donors (Lipinski definition) is 1. The van der Waals surface area contributed by atoms with Crippen molar-refractivity contribution >= 4 is 5.82 Å². The van der Waals surface area contributed by atoms with Crippen LogP contribution in [0.15, 0.2) is 12.1 Å². The molecule has 0 aliphatic carbocycles. The van der Waals surface area contributed by atoms with E-state index >= 15 is 0 Å². The molecule has 2 aliphatic rings. The van der Waals surface area contributed by atoms with Gasteiger partial charge in [-0.15, -0.1) is 5.10 Å². The lowest BCUT2D eigenvalue weighted by atomic mass is 10.1. The van der Waals surface area contributed by atoms with E-state index in [-0.39, 0.29) is 0 Å². The summed E-state index contributed by atoms with van der Waals surface area (Å²) in [5, 5.41) is 11.8. The lowest BCUT2D eigenvalue weighted by Crippen LogP contribution is -2.41. The number of nitrogens with one attached hydrogen (secondary N) is 1. The van der Waals surface area contributed by atoms with Crippen molar-refractivity contribution in [2.45, 2.75) is 38.3 Å². The molecule has 0 saturated carbocycles. The lowest BCUT2D eigenvalue weighted by Gasteiger charge is -2.32. The summed E-state index contributed by atoms with van der Waals surface area (Å²) >= 11 is 0. The Labute approximate surface area is 121 Å². The molecule has 1 aromatic heterocycles. The standard InChI is InChI=1S/C15H25N5/c1-16-11-13-5-6-15(18-17-13)20-10-7-14(12-20)19-8-3-2-4-9-19/h5-6,14,16H,2-4,7-12H2,1H3. The first-order valence-corrected chi connectivity index (χ1v) is 7.83. The van der Waals surface area contributed by atoms with Gasteiger partial charge in [0.05, 0.1) is 5.69 Å². The lowest BCUT2D eigenvalue weighted by molar-refractivity contribution is 0.174. The molecule has 0 spiro atoms. The van der Waals surface area contributed by atoms with Crippen LogP contribution >= 0.6 is 0 Å². The van der Waals surface area contributed by atoms with Crippen molar-refractivity contribution in [1.82, 2.24) is 20.4 Å². The number of aromatic nitrogens is 2. The van der Waals surface area contributed by atoms with Crippen LogP contribution < -0.4 is 10.2 Å². The minimum Gasteiger partial charge on any atom is -0.354 e. The molecular formula is C15H25N5. The topological polar surface area (TPSA) is 44.3 Å². The fraction of sp³-hybridized carbons (Fsp3) is 0.733. The number of hydrogen-bond acceptors (Lipinski definition) is 5. The van der Waals surface area contributed by atoms with Crippen molar-refractivity contribution in [2.24, 2.45) is 0 Å². The van der Waals surface area contributed by atoms with Gasteiger partial charge in [0, 0.05) is 25.7 Å². The van der Waals surface area contributed by atoms with E-state index in [1.807, 2.05) is 7.05 Å². The van der Waals surface area contributed by atoms with Crippen molar-refractivity contribution in [2.75, 3.05) is 38.1 Å². The van der Waals surface area contributed by atoms with Gasteiger partial charge in [0.2, 0.25) is 0 Å². The summed E-state index contributed by atoms with van der Waals surface area (Å²) < 4.78 is 0. The summed E-state index contributed by atoms with van der Waals surface area (Å²) in [6, 6.07) is 4.90. The largest absolute Gasteiger partial charge is 0.354 e. The van der Waals surface area contributed by atoms with Gasteiger partial charge in [-0.3, -0.25) is 4.90 Å². The highest BCUT2D eigenvalue weighted by Gasteiger charge is 2.29. The predicted octanol–water partition coefficient (Wildman–Crippen LogP) is 1.26. The molecule has 1 aromatic rings. The van der Waals surface area contributed by atoms with E-state index < -0.39 is 0 Å². The van der Waals surface area contributed by atoms with E-state index in [1.54, 1.807) is 0 Å². The maximum Gasteiger partial charge on any atom is 0.151 e. The van der Waals surface area contributed by atoms with E-state index in [4.69, 9.17) is 0 Å². The number of nitrogens with zero attached hydrogens (tertiary/aromatic N) is 4. The molecule has 110 valence electrons. The highest BCUT2D eigenvalue weighted by atomic mass is 15.3. The second kappa shape index (κ2) is 6.50. The normalized spacial score (nSPS) is 24.2. The Morgan fingerprint density at radius 1 is 1.15 bits per heavy atom. The van der Waals surface area contributed by atoms with Crippen molar-refractivity contribution in [3.63, 3.8) is 0 Å². The van der Waals surface area contributed by atoms with Gasteiger partial charge in [-0.05, 0) is 51.5 Å². The van der Waals surface area contributed by atoms with Crippen LogP contribution in [0.4, 0.5) is 5.82 Å². The Kier molecular flexibility index (Phi) is 4.47. The van der Waals surface area contributed by atoms with E-state index in [2.05, 4.69) is 37.4 Å². The summed E-state index contributed by atoms with van der Waals surface area (Å²) in [6.45, 7) is 5.57. The Morgan fingerprint density at radius 2 is 2.00 bits per heavy atom. The highest BCUT2D eigenvalue weighted by molar-refractivity contribution is 5.39. The van der Waals surface area contributed by atoms with Gasteiger partial charge in [-0.1, -0.05) is 6.42 Å². The average Bonchev–Trinajstić information content (AvgIpc) is 2.99. The fourth-order valence-corrected chi connectivity index (χ4v) is 3.33. The molecular weight excluding hydrogens is 250 g/mol. The third-order valence-electron chi connectivity index (χ3n) is 4.46. The van der Waals surface area contributed by atoms with Crippen LogP contribution in [0.3, 0.4) is 0 Å². The van der Waals surface area contributed by atoms with Gasteiger partial charge in [0.25, 0.3) is 0 Å². The zero-order valence-electron chi connectivity index (χ0n) is 12.4. The minimum atomic E-state index is 0.717. The number of piperidine rings is 1. The summed E-state index contributed by atoms with van der Waals surface area (Å²) in [4.78, 5) is 5.06. The van der Waals surface area contributed by atoms with E-state index in [0.717, 1.165) is 31.1 Å².